The summed E-state index contributed by atoms with van der Waals surface area (Å²) >= 11 is 0. The highest BCUT2D eigenvalue weighted by atomic mass is 16.7. The predicted molar refractivity (Wildman–Crippen MR) is 78.1 cm³/mol. The number of carboxylic acids is 2. The molecular formula is C14H12N2O8. The molecule has 0 aliphatic heterocycles. The Morgan fingerprint density at radius 2 is 1.50 bits per heavy atom. The van der Waals surface area contributed by atoms with Crippen LogP contribution in [0.25, 0.3) is 5.57 Å². The maximum absolute atomic E-state index is 11.8. The number of rotatable bonds is 5. The number of benzene rings is 1. The average molecular weight is 336 g/mol. The molecule has 0 aromatic heterocycles. The molecule has 0 spiro atoms. The van der Waals surface area contributed by atoms with Crippen molar-refractivity contribution in [2.75, 3.05) is 0 Å². The minimum Gasteiger partial charge on any atom is -0.480 e. The van der Waals surface area contributed by atoms with Crippen LogP contribution in [0, 0.1) is 25.6 Å². The van der Waals surface area contributed by atoms with E-state index in [0.717, 1.165) is 6.08 Å². The first-order chi connectivity index (χ1) is 11.2. The summed E-state index contributed by atoms with van der Waals surface area (Å²) in [6.45, 7) is 0. The van der Waals surface area contributed by atoms with Crippen molar-refractivity contribution in [1.29, 1.82) is 0 Å². The molecule has 1 aliphatic carbocycles. The molecule has 2 N–H and O–H groups in total. The van der Waals surface area contributed by atoms with E-state index >= 15 is 0 Å². The third-order valence-corrected chi connectivity index (χ3v) is 4.14. The van der Waals surface area contributed by atoms with Gasteiger partial charge >= 0.3 is 17.6 Å². The first kappa shape index (κ1) is 17.1. The Morgan fingerprint density at radius 3 is 1.92 bits per heavy atom. The molecule has 126 valence electrons. The zero-order valence-electron chi connectivity index (χ0n) is 12.1. The van der Waals surface area contributed by atoms with E-state index in [0.29, 0.717) is 0 Å². The summed E-state index contributed by atoms with van der Waals surface area (Å²) < 4.78 is 0. The third-order valence-electron chi connectivity index (χ3n) is 4.14. The molecule has 1 aliphatic rings. The van der Waals surface area contributed by atoms with Gasteiger partial charge in [0.2, 0.25) is 5.41 Å². The van der Waals surface area contributed by atoms with E-state index in [-0.39, 0.29) is 11.1 Å². The van der Waals surface area contributed by atoms with E-state index in [4.69, 9.17) is 0 Å². The van der Waals surface area contributed by atoms with E-state index in [1.54, 1.807) is 6.07 Å². The zero-order chi connectivity index (χ0) is 18.1. The minimum atomic E-state index is -2.91. The van der Waals surface area contributed by atoms with Crippen LogP contribution in [0.15, 0.2) is 36.4 Å². The SMILES string of the molecule is O=C(O)C1(C(=O)O)CC([N+](=O)[O-])([N+](=O)[O-])CC=C1c1ccccc1. The molecule has 0 atom stereocenters. The predicted octanol–water partition coefficient (Wildman–Crippen LogP) is 1.27. The molecule has 0 saturated carbocycles. The molecule has 0 unspecified atom stereocenters. The van der Waals surface area contributed by atoms with E-state index in [1.807, 2.05) is 0 Å². The molecule has 1 aromatic carbocycles. The quantitative estimate of drug-likeness (QED) is 0.351. The average Bonchev–Trinajstić information content (AvgIpc) is 2.54. The molecular weight excluding hydrogens is 324 g/mol. The van der Waals surface area contributed by atoms with Crippen LogP contribution in [0.2, 0.25) is 0 Å². The van der Waals surface area contributed by atoms with Gasteiger partial charge in [0.1, 0.15) is 12.8 Å². The second-order valence-electron chi connectivity index (χ2n) is 5.38. The van der Waals surface area contributed by atoms with Crippen LogP contribution in [0.5, 0.6) is 0 Å². The highest BCUT2D eigenvalue weighted by Gasteiger charge is 2.69. The van der Waals surface area contributed by atoms with Gasteiger partial charge in [-0.1, -0.05) is 36.4 Å². The maximum atomic E-state index is 11.8. The Labute approximate surface area is 134 Å². The van der Waals surface area contributed by atoms with Crippen LogP contribution in [-0.2, 0) is 9.59 Å². The number of carboxylic acid groups (broad SMARTS) is 2. The minimum absolute atomic E-state index is 0.206. The van der Waals surface area contributed by atoms with E-state index in [1.165, 1.54) is 24.3 Å². The molecule has 0 radical (unpaired) electrons. The highest BCUT2D eigenvalue weighted by molar-refractivity contribution is 6.11. The van der Waals surface area contributed by atoms with Crippen LogP contribution >= 0.6 is 0 Å². The van der Waals surface area contributed by atoms with Crippen LogP contribution < -0.4 is 0 Å². The summed E-state index contributed by atoms with van der Waals surface area (Å²) in [7, 11) is 0. The summed E-state index contributed by atoms with van der Waals surface area (Å²) in [5.41, 5.74) is -5.68. The van der Waals surface area contributed by atoms with Crippen molar-refractivity contribution in [1.82, 2.24) is 0 Å². The van der Waals surface area contributed by atoms with E-state index in [9.17, 15) is 40.0 Å². The van der Waals surface area contributed by atoms with Crippen molar-refractivity contribution in [2.24, 2.45) is 5.41 Å². The molecule has 10 nitrogen and oxygen atoms in total. The highest BCUT2D eigenvalue weighted by Crippen LogP contribution is 2.48. The summed E-state index contributed by atoms with van der Waals surface area (Å²) in [6.07, 6.45) is -1.03. The summed E-state index contributed by atoms with van der Waals surface area (Å²) in [5, 5.41) is 41.5. The fraction of sp³-hybridized carbons (Fsp3) is 0.286. The van der Waals surface area contributed by atoms with Crippen LogP contribution in [0.4, 0.5) is 0 Å². The molecule has 2 rings (SSSR count). The Hall–Kier alpha value is -3.30. The number of hydrogen-bond donors (Lipinski definition) is 2. The van der Waals surface area contributed by atoms with Gasteiger partial charge in [-0.25, -0.2) is 0 Å². The number of nitro groups is 2. The Bertz CT molecular complexity index is 727. The monoisotopic (exact) mass is 336 g/mol. The molecule has 0 amide bonds. The van der Waals surface area contributed by atoms with Gasteiger partial charge in [-0.2, -0.15) is 0 Å². The molecule has 0 fully saturated rings. The fourth-order valence-electron chi connectivity index (χ4n) is 2.83. The molecule has 10 heteroatoms. The molecule has 24 heavy (non-hydrogen) atoms. The van der Waals surface area contributed by atoms with Crippen molar-refractivity contribution < 1.29 is 29.6 Å². The van der Waals surface area contributed by atoms with Crippen LogP contribution in [0.1, 0.15) is 18.4 Å². The largest absolute Gasteiger partial charge is 0.480 e. The fourth-order valence-corrected chi connectivity index (χ4v) is 2.83. The molecule has 1 aromatic rings. The van der Waals surface area contributed by atoms with Crippen molar-refractivity contribution >= 4 is 17.5 Å². The number of hydrogen-bond acceptors (Lipinski definition) is 6. The topological polar surface area (TPSA) is 161 Å². The normalized spacial score (nSPS) is 18.2. The van der Waals surface area contributed by atoms with Crippen LogP contribution in [0.3, 0.4) is 0 Å². The summed E-state index contributed by atoms with van der Waals surface area (Å²) in [5.74, 6) is -3.78. The molecule has 0 heterocycles. The van der Waals surface area contributed by atoms with Gasteiger partial charge in [0.25, 0.3) is 0 Å². The van der Waals surface area contributed by atoms with Gasteiger partial charge < -0.3 is 10.2 Å². The second-order valence-corrected chi connectivity index (χ2v) is 5.38. The lowest BCUT2D eigenvalue weighted by Crippen LogP contribution is -2.56. The van der Waals surface area contributed by atoms with Crippen molar-refractivity contribution in [3.05, 3.63) is 62.2 Å². The smallest absolute Gasteiger partial charge is 0.463 e. The van der Waals surface area contributed by atoms with Crippen LogP contribution in [-0.4, -0.2) is 37.7 Å². The maximum Gasteiger partial charge on any atom is 0.463 e. The molecule has 0 bridgehead atoms. The lowest BCUT2D eigenvalue weighted by molar-refractivity contribution is -0.798. The standard InChI is InChI=1S/C14H12N2O8/c17-11(18)14(12(19)20)8-13(15(21)22,16(23)24)7-6-10(14)9-4-2-1-3-5-9/h1-6H,7-8H2,(H,17,18)(H,19,20). The summed E-state index contributed by atoms with van der Waals surface area (Å²) in [4.78, 5) is 43.6. The Morgan fingerprint density at radius 1 is 1.00 bits per heavy atom. The van der Waals surface area contributed by atoms with Crippen molar-refractivity contribution in [3.63, 3.8) is 0 Å². The van der Waals surface area contributed by atoms with E-state index in [2.05, 4.69) is 0 Å². The zero-order valence-corrected chi connectivity index (χ0v) is 12.1. The summed E-state index contributed by atoms with van der Waals surface area (Å²) in [6, 6.07) is 7.57. The van der Waals surface area contributed by atoms with Crippen molar-refractivity contribution in [2.45, 2.75) is 18.5 Å². The van der Waals surface area contributed by atoms with Gasteiger partial charge in [-0.05, 0) is 11.1 Å². The van der Waals surface area contributed by atoms with Gasteiger partial charge in [-0.15, -0.1) is 0 Å². The van der Waals surface area contributed by atoms with Gasteiger partial charge in [-0.3, -0.25) is 29.8 Å². The van der Waals surface area contributed by atoms with Gasteiger partial charge in [0, 0.05) is 0 Å². The molecule has 0 saturated heterocycles. The van der Waals surface area contributed by atoms with Crippen molar-refractivity contribution in [3.8, 4) is 0 Å². The number of carbonyl (C=O) groups is 2. The third kappa shape index (κ3) is 2.28. The second kappa shape index (κ2) is 5.72. The number of aliphatic carboxylic acids is 2. The first-order valence-electron chi connectivity index (χ1n) is 6.70. The lowest BCUT2D eigenvalue weighted by atomic mass is 9.66. The number of nitrogens with zero attached hydrogens (tertiary/aromatic N) is 2. The first-order valence-corrected chi connectivity index (χ1v) is 6.70. The Kier molecular flexibility index (Phi) is 4.07. The van der Waals surface area contributed by atoms with Gasteiger partial charge in [0.05, 0.1) is 9.85 Å². The lowest BCUT2D eigenvalue weighted by Gasteiger charge is -2.34. The van der Waals surface area contributed by atoms with Gasteiger partial charge in [0.15, 0.2) is 0 Å². The Balaban J connectivity index is 2.77. The van der Waals surface area contributed by atoms with E-state index < -0.39 is 45.7 Å².